The third kappa shape index (κ3) is 2.21. The van der Waals surface area contributed by atoms with Crippen molar-refractivity contribution in [1.82, 2.24) is 10.3 Å². The molecule has 1 N–H and O–H groups in total. The minimum absolute atomic E-state index is 0.561. The molecule has 4 nitrogen and oxygen atoms in total. The predicted octanol–water partition coefficient (Wildman–Crippen LogP) is 0.888. The van der Waals surface area contributed by atoms with Gasteiger partial charge in [-0.2, -0.15) is 0 Å². The van der Waals surface area contributed by atoms with Crippen LogP contribution in [0.1, 0.15) is 6.42 Å². The Kier molecular flexibility index (Phi) is 3.06. The quantitative estimate of drug-likeness (QED) is 0.798. The molecule has 82 valence electrons. The molecule has 1 aromatic heterocycles. The van der Waals surface area contributed by atoms with Crippen LogP contribution in [0.4, 0.5) is 5.82 Å². The summed E-state index contributed by atoms with van der Waals surface area (Å²) in [5.74, 6) is 1.81. The molecule has 1 unspecified atom stereocenters. The summed E-state index contributed by atoms with van der Waals surface area (Å²) in [4.78, 5) is 6.59. The Balaban J connectivity index is 2.07. The number of rotatable bonds is 3. The highest BCUT2D eigenvalue weighted by molar-refractivity contribution is 5.41. The second-order valence-corrected chi connectivity index (χ2v) is 3.81. The minimum Gasteiger partial charge on any atom is -0.495 e. The fourth-order valence-corrected chi connectivity index (χ4v) is 1.86. The molecule has 2 rings (SSSR count). The molecule has 0 spiro atoms. The van der Waals surface area contributed by atoms with Gasteiger partial charge in [-0.05, 0) is 25.1 Å². The third-order valence-electron chi connectivity index (χ3n) is 2.90. The topological polar surface area (TPSA) is 37.4 Å². The lowest BCUT2D eigenvalue weighted by Crippen LogP contribution is -2.33. The zero-order valence-corrected chi connectivity index (χ0v) is 9.23. The highest BCUT2D eigenvalue weighted by Crippen LogP contribution is 2.18. The molecule has 4 heteroatoms. The number of hydrogen-bond acceptors (Lipinski definition) is 4. The smallest absolute Gasteiger partial charge is 0.137 e. The second kappa shape index (κ2) is 4.49. The van der Waals surface area contributed by atoms with Crippen LogP contribution in [0.25, 0.3) is 0 Å². The summed E-state index contributed by atoms with van der Waals surface area (Å²) in [6.45, 7) is 2.15. The minimum atomic E-state index is 0.561. The van der Waals surface area contributed by atoms with E-state index in [4.69, 9.17) is 4.74 Å². The van der Waals surface area contributed by atoms with Crippen molar-refractivity contribution >= 4 is 5.82 Å². The number of methoxy groups -OCH3 is 1. The summed E-state index contributed by atoms with van der Waals surface area (Å²) in [7, 11) is 3.74. The predicted molar refractivity (Wildman–Crippen MR) is 60.5 cm³/mol. The lowest BCUT2D eigenvalue weighted by Gasteiger charge is -2.24. The Hall–Kier alpha value is -1.29. The first kappa shape index (κ1) is 10.2. The Morgan fingerprint density at radius 2 is 2.40 bits per heavy atom. The van der Waals surface area contributed by atoms with Crippen molar-refractivity contribution in [2.24, 2.45) is 0 Å². The molecule has 1 saturated heterocycles. The summed E-state index contributed by atoms with van der Waals surface area (Å²) in [5, 5.41) is 3.35. The molecule has 1 aliphatic rings. The Bertz CT molecular complexity index is 306. The summed E-state index contributed by atoms with van der Waals surface area (Å²) < 4.78 is 5.08. The zero-order valence-electron chi connectivity index (χ0n) is 9.23. The maximum Gasteiger partial charge on any atom is 0.137 e. The maximum absolute atomic E-state index is 5.08. The van der Waals surface area contributed by atoms with Gasteiger partial charge >= 0.3 is 0 Å². The van der Waals surface area contributed by atoms with Crippen LogP contribution in [0, 0.1) is 0 Å². The molecule has 15 heavy (non-hydrogen) atoms. The number of nitrogens with one attached hydrogen (secondary N) is 1. The molecule has 1 aromatic rings. The summed E-state index contributed by atoms with van der Waals surface area (Å²) in [5.41, 5.74) is 0. The number of anilines is 1. The lowest BCUT2D eigenvalue weighted by molar-refractivity contribution is 0.413. The summed E-state index contributed by atoms with van der Waals surface area (Å²) in [6, 6.07) is 4.50. The first-order valence-electron chi connectivity index (χ1n) is 5.25. The normalized spacial score (nSPS) is 20.3. The van der Waals surface area contributed by atoms with Gasteiger partial charge in [0.1, 0.15) is 11.6 Å². The van der Waals surface area contributed by atoms with Crippen LogP contribution >= 0.6 is 0 Å². The largest absolute Gasteiger partial charge is 0.495 e. The molecule has 2 heterocycles. The van der Waals surface area contributed by atoms with Gasteiger partial charge in [0.15, 0.2) is 0 Å². The van der Waals surface area contributed by atoms with E-state index in [1.165, 1.54) is 6.42 Å². The van der Waals surface area contributed by atoms with Crippen LogP contribution in [0.2, 0.25) is 0 Å². The zero-order chi connectivity index (χ0) is 10.7. The van der Waals surface area contributed by atoms with Crippen LogP contribution in [-0.2, 0) is 0 Å². The van der Waals surface area contributed by atoms with E-state index in [9.17, 15) is 0 Å². The van der Waals surface area contributed by atoms with E-state index in [-0.39, 0.29) is 0 Å². The van der Waals surface area contributed by atoms with Crippen molar-refractivity contribution in [2.75, 3.05) is 32.1 Å². The van der Waals surface area contributed by atoms with Crippen LogP contribution in [0.3, 0.4) is 0 Å². The van der Waals surface area contributed by atoms with Crippen molar-refractivity contribution in [3.63, 3.8) is 0 Å². The van der Waals surface area contributed by atoms with E-state index in [0.29, 0.717) is 6.04 Å². The fourth-order valence-electron chi connectivity index (χ4n) is 1.86. The van der Waals surface area contributed by atoms with Crippen molar-refractivity contribution in [1.29, 1.82) is 0 Å². The molecular weight excluding hydrogens is 190 g/mol. The first-order chi connectivity index (χ1) is 7.31. The van der Waals surface area contributed by atoms with E-state index in [1.807, 2.05) is 12.1 Å². The molecule has 0 aliphatic carbocycles. The van der Waals surface area contributed by atoms with Crippen molar-refractivity contribution in [3.05, 3.63) is 18.3 Å². The average molecular weight is 207 g/mol. The van der Waals surface area contributed by atoms with E-state index in [2.05, 4.69) is 22.2 Å². The van der Waals surface area contributed by atoms with Gasteiger partial charge in [0.25, 0.3) is 0 Å². The van der Waals surface area contributed by atoms with E-state index in [0.717, 1.165) is 24.7 Å². The third-order valence-corrected chi connectivity index (χ3v) is 2.90. The molecule has 1 atom stereocenters. The molecule has 1 aliphatic heterocycles. The number of nitrogens with zero attached hydrogens (tertiary/aromatic N) is 2. The highest BCUT2D eigenvalue weighted by Gasteiger charge is 2.19. The lowest BCUT2D eigenvalue weighted by atomic mass is 10.2. The first-order valence-corrected chi connectivity index (χ1v) is 5.25. The maximum atomic E-state index is 5.08. The fraction of sp³-hybridized carbons (Fsp3) is 0.545. The van der Waals surface area contributed by atoms with Gasteiger partial charge in [-0.1, -0.05) is 0 Å². The van der Waals surface area contributed by atoms with Gasteiger partial charge in [0.05, 0.1) is 13.3 Å². The van der Waals surface area contributed by atoms with Crippen LogP contribution in [0.15, 0.2) is 18.3 Å². The molecule has 0 bridgehead atoms. The number of pyridine rings is 1. The average Bonchev–Trinajstić information content (AvgIpc) is 2.82. The summed E-state index contributed by atoms with van der Waals surface area (Å²) in [6.07, 6.45) is 2.94. The van der Waals surface area contributed by atoms with Crippen LogP contribution in [-0.4, -0.2) is 38.3 Å². The second-order valence-electron chi connectivity index (χ2n) is 3.81. The molecule has 0 radical (unpaired) electrons. The standard InChI is InChI=1S/C11H17N3O/c1-14(9-5-6-12-7-9)11-4-3-10(15-2)8-13-11/h3-4,8-9,12H,5-7H2,1-2H3. The highest BCUT2D eigenvalue weighted by atomic mass is 16.5. The number of aromatic nitrogens is 1. The van der Waals surface area contributed by atoms with E-state index in [1.54, 1.807) is 13.3 Å². The van der Waals surface area contributed by atoms with Crippen molar-refractivity contribution < 1.29 is 4.74 Å². The van der Waals surface area contributed by atoms with Crippen molar-refractivity contribution in [3.8, 4) is 5.75 Å². The number of hydrogen-bond donors (Lipinski definition) is 1. The van der Waals surface area contributed by atoms with Crippen molar-refractivity contribution in [2.45, 2.75) is 12.5 Å². The van der Waals surface area contributed by atoms with E-state index >= 15 is 0 Å². The Morgan fingerprint density at radius 3 is 2.93 bits per heavy atom. The van der Waals surface area contributed by atoms with Gasteiger partial charge in [-0.15, -0.1) is 0 Å². The Morgan fingerprint density at radius 1 is 1.53 bits per heavy atom. The van der Waals surface area contributed by atoms with Crippen LogP contribution in [0.5, 0.6) is 5.75 Å². The van der Waals surface area contributed by atoms with Gasteiger partial charge in [-0.3, -0.25) is 0 Å². The van der Waals surface area contributed by atoms with Gasteiger partial charge in [-0.25, -0.2) is 4.98 Å². The van der Waals surface area contributed by atoms with E-state index < -0.39 is 0 Å². The van der Waals surface area contributed by atoms with Crippen LogP contribution < -0.4 is 15.0 Å². The van der Waals surface area contributed by atoms with Gasteiger partial charge in [0, 0.05) is 19.6 Å². The SMILES string of the molecule is COc1ccc(N(C)C2CCNC2)nc1. The number of ether oxygens (including phenoxy) is 1. The Labute approximate surface area is 90.3 Å². The summed E-state index contributed by atoms with van der Waals surface area (Å²) >= 11 is 0. The number of likely N-dealkylation sites (N-methyl/N-ethyl adjacent to an activating group) is 1. The molecule has 0 aromatic carbocycles. The van der Waals surface area contributed by atoms with Gasteiger partial charge < -0.3 is 15.0 Å². The monoisotopic (exact) mass is 207 g/mol. The molecular formula is C11H17N3O. The molecule has 1 fully saturated rings. The van der Waals surface area contributed by atoms with Gasteiger partial charge in [0.2, 0.25) is 0 Å². The molecule has 0 amide bonds. The molecule has 0 saturated carbocycles.